The Morgan fingerprint density at radius 2 is 2.25 bits per heavy atom. The predicted molar refractivity (Wildman–Crippen MR) is 56.5 cm³/mol. The van der Waals surface area contributed by atoms with Crippen molar-refractivity contribution in [3.05, 3.63) is 18.0 Å². The molecule has 1 aromatic heterocycles. The van der Waals surface area contributed by atoms with Gasteiger partial charge in [0.05, 0.1) is 11.6 Å². The lowest BCUT2D eigenvalue weighted by Gasteiger charge is -2.17. The summed E-state index contributed by atoms with van der Waals surface area (Å²) in [6.07, 6.45) is 3.23. The van der Waals surface area contributed by atoms with Crippen molar-refractivity contribution in [2.24, 2.45) is 5.41 Å². The molecule has 0 aliphatic heterocycles. The lowest BCUT2D eigenvalue weighted by atomic mass is 9.89. The van der Waals surface area contributed by atoms with Gasteiger partial charge in [-0.3, -0.25) is 14.7 Å². The first-order chi connectivity index (χ1) is 7.42. The molecule has 0 atom stereocenters. The quantitative estimate of drug-likeness (QED) is 0.681. The SMILES string of the molecule is CC(C)(CC(=O)NCc1cn[nH]c1)C(=O)O. The van der Waals surface area contributed by atoms with Gasteiger partial charge in [-0.05, 0) is 13.8 Å². The molecule has 0 radical (unpaired) electrons. The summed E-state index contributed by atoms with van der Waals surface area (Å²) in [5.41, 5.74) is -0.193. The summed E-state index contributed by atoms with van der Waals surface area (Å²) in [6.45, 7) is 3.39. The molecule has 0 unspecified atom stereocenters. The van der Waals surface area contributed by atoms with Crippen LogP contribution in [0.5, 0.6) is 0 Å². The van der Waals surface area contributed by atoms with E-state index in [-0.39, 0.29) is 12.3 Å². The molecular formula is C10H15N3O3. The molecule has 0 aliphatic rings. The number of aromatic amines is 1. The Morgan fingerprint density at radius 1 is 1.56 bits per heavy atom. The number of H-pyrrole nitrogens is 1. The van der Waals surface area contributed by atoms with E-state index in [0.717, 1.165) is 5.56 Å². The van der Waals surface area contributed by atoms with Gasteiger partial charge in [-0.2, -0.15) is 5.10 Å². The third-order valence-electron chi connectivity index (χ3n) is 2.23. The van der Waals surface area contributed by atoms with E-state index >= 15 is 0 Å². The molecule has 0 aliphatic carbocycles. The molecule has 6 nitrogen and oxygen atoms in total. The summed E-state index contributed by atoms with van der Waals surface area (Å²) in [7, 11) is 0. The van der Waals surface area contributed by atoms with Gasteiger partial charge in [-0.1, -0.05) is 0 Å². The van der Waals surface area contributed by atoms with E-state index in [2.05, 4.69) is 15.5 Å². The van der Waals surface area contributed by atoms with Crippen molar-refractivity contribution in [2.75, 3.05) is 0 Å². The zero-order chi connectivity index (χ0) is 12.2. The van der Waals surface area contributed by atoms with Crippen LogP contribution in [-0.4, -0.2) is 27.2 Å². The number of aliphatic carboxylic acids is 1. The molecule has 1 heterocycles. The van der Waals surface area contributed by atoms with Crippen LogP contribution in [0.2, 0.25) is 0 Å². The molecule has 0 spiro atoms. The number of carbonyl (C=O) groups is 2. The summed E-state index contributed by atoms with van der Waals surface area (Å²) >= 11 is 0. The minimum Gasteiger partial charge on any atom is -0.481 e. The Kier molecular flexibility index (Phi) is 3.65. The molecule has 1 rings (SSSR count). The van der Waals surface area contributed by atoms with Crippen LogP contribution in [0.15, 0.2) is 12.4 Å². The fourth-order valence-corrected chi connectivity index (χ4v) is 1.11. The summed E-state index contributed by atoms with van der Waals surface area (Å²) in [5.74, 6) is -1.26. The van der Waals surface area contributed by atoms with E-state index in [1.54, 1.807) is 12.4 Å². The van der Waals surface area contributed by atoms with Crippen LogP contribution < -0.4 is 5.32 Å². The second-order valence-electron chi connectivity index (χ2n) is 4.25. The maximum atomic E-state index is 11.5. The van der Waals surface area contributed by atoms with Crippen molar-refractivity contribution in [2.45, 2.75) is 26.8 Å². The van der Waals surface area contributed by atoms with Crippen molar-refractivity contribution < 1.29 is 14.7 Å². The van der Waals surface area contributed by atoms with Gasteiger partial charge < -0.3 is 10.4 Å². The molecule has 0 aromatic carbocycles. The highest BCUT2D eigenvalue weighted by atomic mass is 16.4. The smallest absolute Gasteiger partial charge is 0.309 e. The number of carboxylic acid groups (broad SMARTS) is 1. The molecule has 0 bridgehead atoms. The molecule has 16 heavy (non-hydrogen) atoms. The van der Waals surface area contributed by atoms with Crippen molar-refractivity contribution >= 4 is 11.9 Å². The van der Waals surface area contributed by atoms with Crippen LogP contribution in [0.25, 0.3) is 0 Å². The van der Waals surface area contributed by atoms with Crippen LogP contribution in [0, 0.1) is 5.41 Å². The van der Waals surface area contributed by atoms with E-state index in [1.807, 2.05) is 0 Å². The van der Waals surface area contributed by atoms with Crippen LogP contribution >= 0.6 is 0 Å². The highest BCUT2D eigenvalue weighted by Crippen LogP contribution is 2.19. The normalized spacial score (nSPS) is 11.1. The van der Waals surface area contributed by atoms with E-state index < -0.39 is 11.4 Å². The van der Waals surface area contributed by atoms with Crippen LogP contribution in [0.4, 0.5) is 0 Å². The number of amides is 1. The fraction of sp³-hybridized carbons (Fsp3) is 0.500. The number of carboxylic acids is 1. The first kappa shape index (κ1) is 12.2. The van der Waals surface area contributed by atoms with Gasteiger partial charge >= 0.3 is 5.97 Å². The average molecular weight is 225 g/mol. The first-order valence-electron chi connectivity index (χ1n) is 4.89. The molecule has 0 saturated heterocycles. The molecule has 0 fully saturated rings. The molecular weight excluding hydrogens is 210 g/mol. The minimum atomic E-state index is -1.04. The Morgan fingerprint density at radius 3 is 2.75 bits per heavy atom. The first-order valence-corrected chi connectivity index (χ1v) is 4.89. The number of rotatable bonds is 5. The standard InChI is InChI=1S/C10H15N3O3/c1-10(2,9(15)16)3-8(14)11-4-7-5-12-13-6-7/h5-6H,3-4H2,1-2H3,(H,11,14)(H,12,13)(H,15,16). The Labute approximate surface area is 93.1 Å². The topological polar surface area (TPSA) is 95.1 Å². The molecule has 6 heteroatoms. The van der Waals surface area contributed by atoms with E-state index in [9.17, 15) is 9.59 Å². The zero-order valence-electron chi connectivity index (χ0n) is 9.28. The van der Waals surface area contributed by atoms with Gasteiger partial charge in [0.15, 0.2) is 0 Å². The lowest BCUT2D eigenvalue weighted by molar-refractivity contribution is -0.149. The monoisotopic (exact) mass is 225 g/mol. The van der Waals surface area contributed by atoms with Crippen LogP contribution in [0.3, 0.4) is 0 Å². The van der Waals surface area contributed by atoms with Crippen LogP contribution in [-0.2, 0) is 16.1 Å². The zero-order valence-corrected chi connectivity index (χ0v) is 9.28. The van der Waals surface area contributed by atoms with Crippen molar-refractivity contribution in [3.63, 3.8) is 0 Å². The van der Waals surface area contributed by atoms with E-state index in [0.29, 0.717) is 6.54 Å². The van der Waals surface area contributed by atoms with Gasteiger partial charge in [0, 0.05) is 24.7 Å². The lowest BCUT2D eigenvalue weighted by Crippen LogP contribution is -2.33. The van der Waals surface area contributed by atoms with Crippen molar-refractivity contribution in [1.82, 2.24) is 15.5 Å². The molecule has 3 N–H and O–H groups in total. The second kappa shape index (κ2) is 4.78. The van der Waals surface area contributed by atoms with Crippen LogP contribution in [0.1, 0.15) is 25.8 Å². The maximum Gasteiger partial charge on any atom is 0.309 e. The summed E-state index contributed by atoms with van der Waals surface area (Å²) in [5, 5.41) is 17.8. The number of hydrogen-bond acceptors (Lipinski definition) is 3. The Bertz CT molecular complexity index is 371. The van der Waals surface area contributed by atoms with Gasteiger partial charge in [0.2, 0.25) is 5.91 Å². The number of aromatic nitrogens is 2. The van der Waals surface area contributed by atoms with E-state index in [4.69, 9.17) is 5.11 Å². The fourth-order valence-electron chi connectivity index (χ4n) is 1.11. The Balaban J connectivity index is 2.39. The molecule has 88 valence electrons. The molecule has 1 amide bonds. The molecule has 1 aromatic rings. The minimum absolute atomic E-state index is 0.0415. The maximum absolute atomic E-state index is 11.5. The highest BCUT2D eigenvalue weighted by molar-refractivity contribution is 5.84. The largest absolute Gasteiger partial charge is 0.481 e. The summed E-state index contributed by atoms with van der Waals surface area (Å²) in [6, 6.07) is 0. The third-order valence-corrected chi connectivity index (χ3v) is 2.23. The van der Waals surface area contributed by atoms with Gasteiger partial charge in [-0.25, -0.2) is 0 Å². The third kappa shape index (κ3) is 3.38. The second-order valence-corrected chi connectivity index (χ2v) is 4.25. The van der Waals surface area contributed by atoms with Gasteiger partial charge in [0.25, 0.3) is 0 Å². The van der Waals surface area contributed by atoms with Gasteiger partial charge in [0.1, 0.15) is 0 Å². The van der Waals surface area contributed by atoms with Crippen molar-refractivity contribution in [3.8, 4) is 0 Å². The number of nitrogens with zero attached hydrogens (tertiary/aromatic N) is 1. The number of nitrogens with one attached hydrogen (secondary N) is 2. The van der Waals surface area contributed by atoms with E-state index in [1.165, 1.54) is 13.8 Å². The molecule has 0 saturated carbocycles. The Hall–Kier alpha value is -1.85. The van der Waals surface area contributed by atoms with Crippen molar-refractivity contribution in [1.29, 1.82) is 0 Å². The number of hydrogen-bond donors (Lipinski definition) is 3. The average Bonchev–Trinajstić information content (AvgIpc) is 2.66. The summed E-state index contributed by atoms with van der Waals surface area (Å²) < 4.78 is 0. The van der Waals surface area contributed by atoms with Gasteiger partial charge in [-0.15, -0.1) is 0 Å². The highest BCUT2D eigenvalue weighted by Gasteiger charge is 2.29. The number of carbonyl (C=O) groups excluding carboxylic acids is 1. The summed E-state index contributed by atoms with van der Waals surface area (Å²) in [4.78, 5) is 22.2. The predicted octanol–water partition coefficient (Wildman–Crippen LogP) is 0.527.